The number of hydrogen-bond acceptors (Lipinski definition) is 1. The molecule has 1 aromatic carbocycles. The SMILES string of the molecule is Fc1cc([C@@H]2CCCCN2)cc(Cl)c1F. The monoisotopic (exact) mass is 231 g/mol. The second-order valence-corrected chi connectivity index (χ2v) is 4.21. The van der Waals surface area contributed by atoms with E-state index < -0.39 is 11.6 Å². The summed E-state index contributed by atoms with van der Waals surface area (Å²) in [6.07, 6.45) is 3.18. The second-order valence-electron chi connectivity index (χ2n) is 3.80. The van der Waals surface area contributed by atoms with Crippen LogP contribution in [0.1, 0.15) is 30.9 Å². The second kappa shape index (κ2) is 4.45. The number of halogens is 3. The fourth-order valence-electron chi connectivity index (χ4n) is 1.91. The molecule has 0 unspecified atom stereocenters. The van der Waals surface area contributed by atoms with Gasteiger partial charge in [-0.25, -0.2) is 8.78 Å². The predicted octanol–water partition coefficient (Wildman–Crippen LogP) is 3.43. The highest BCUT2D eigenvalue weighted by Gasteiger charge is 2.18. The van der Waals surface area contributed by atoms with E-state index in [1.807, 2.05) is 0 Å². The van der Waals surface area contributed by atoms with E-state index in [0.717, 1.165) is 31.4 Å². The molecule has 1 saturated heterocycles. The van der Waals surface area contributed by atoms with E-state index in [1.165, 1.54) is 12.1 Å². The van der Waals surface area contributed by atoms with Crippen LogP contribution in [0, 0.1) is 11.6 Å². The Kier molecular flexibility index (Phi) is 3.22. The third kappa shape index (κ3) is 2.29. The van der Waals surface area contributed by atoms with Crippen molar-refractivity contribution in [3.8, 4) is 0 Å². The Morgan fingerprint density at radius 3 is 2.67 bits per heavy atom. The molecule has 1 aliphatic rings. The van der Waals surface area contributed by atoms with Gasteiger partial charge in [-0.05, 0) is 37.1 Å². The Labute approximate surface area is 92.4 Å². The maximum atomic E-state index is 13.1. The summed E-state index contributed by atoms with van der Waals surface area (Å²) in [6.45, 7) is 0.918. The van der Waals surface area contributed by atoms with Crippen molar-refractivity contribution in [1.82, 2.24) is 5.32 Å². The van der Waals surface area contributed by atoms with Crippen LogP contribution >= 0.6 is 11.6 Å². The van der Waals surface area contributed by atoms with Crippen LogP contribution in [0.2, 0.25) is 5.02 Å². The maximum Gasteiger partial charge on any atom is 0.177 e. The maximum absolute atomic E-state index is 13.1. The molecule has 1 nitrogen and oxygen atoms in total. The zero-order chi connectivity index (χ0) is 10.8. The molecule has 1 heterocycles. The van der Waals surface area contributed by atoms with Crippen molar-refractivity contribution in [2.45, 2.75) is 25.3 Å². The topological polar surface area (TPSA) is 12.0 Å². The summed E-state index contributed by atoms with van der Waals surface area (Å²) in [6, 6.07) is 2.83. The quantitative estimate of drug-likeness (QED) is 0.731. The van der Waals surface area contributed by atoms with Crippen molar-refractivity contribution in [3.63, 3.8) is 0 Å². The van der Waals surface area contributed by atoms with E-state index in [1.54, 1.807) is 0 Å². The number of nitrogens with one attached hydrogen (secondary N) is 1. The van der Waals surface area contributed by atoms with Gasteiger partial charge in [-0.15, -0.1) is 0 Å². The largest absolute Gasteiger partial charge is 0.310 e. The minimum Gasteiger partial charge on any atom is -0.310 e. The fourth-order valence-corrected chi connectivity index (χ4v) is 2.13. The molecule has 0 spiro atoms. The van der Waals surface area contributed by atoms with Crippen molar-refractivity contribution < 1.29 is 8.78 Å². The summed E-state index contributed by atoms with van der Waals surface area (Å²) in [5.74, 6) is -1.83. The van der Waals surface area contributed by atoms with Crippen LogP contribution in [0.5, 0.6) is 0 Å². The Morgan fingerprint density at radius 2 is 2.07 bits per heavy atom. The van der Waals surface area contributed by atoms with E-state index in [9.17, 15) is 8.78 Å². The minimum atomic E-state index is -0.962. The molecule has 0 saturated carbocycles. The number of hydrogen-bond donors (Lipinski definition) is 1. The van der Waals surface area contributed by atoms with Gasteiger partial charge in [0.1, 0.15) is 0 Å². The van der Waals surface area contributed by atoms with Gasteiger partial charge in [-0.1, -0.05) is 18.0 Å². The third-order valence-electron chi connectivity index (χ3n) is 2.72. The summed E-state index contributed by atoms with van der Waals surface area (Å²) in [5.41, 5.74) is 0.735. The summed E-state index contributed by atoms with van der Waals surface area (Å²) in [4.78, 5) is 0. The lowest BCUT2D eigenvalue weighted by atomic mass is 9.97. The first-order chi connectivity index (χ1) is 7.18. The van der Waals surface area contributed by atoms with Gasteiger partial charge in [-0.2, -0.15) is 0 Å². The van der Waals surface area contributed by atoms with Crippen LogP contribution in [0.3, 0.4) is 0 Å². The van der Waals surface area contributed by atoms with Crippen LogP contribution in [0.4, 0.5) is 8.78 Å². The van der Waals surface area contributed by atoms with E-state index in [4.69, 9.17) is 11.6 Å². The third-order valence-corrected chi connectivity index (χ3v) is 2.99. The summed E-state index contributed by atoms with van der Waals surface area (Å²) in [5, 5.41) is 3.12. The van der Waals surface area contributed by atoms with E-state index >= 15 is 0 Å². The lowest BCUT2D eigenvalue weighted by molar-refractivity contribution is 0.409. The summed E-state index contributed by atoms with van der Waals surface area (Å²) in [7, 11) is 0. The molecule has 0 aromatic heterocycles. The molecule has 4 heteroatoms. The highest BCUT2D eigenvalue weighted by Crippen LogP contribution is 2.27. The molecule has 0 aliphatic carbocycles. The normalized spacial score (nSPS) is 21.7. The molecule has 2 rings (SSSR count). The van der Waals surface area contributed by atoms with E-state index in [-0.39, 0.29) is 11.1 Å². The van der Waals surface area contributed by atoms with Crippen LogP contribution in [-0.2, 0) is 0 Å². The van der Waals surface area contributed by atoms with E-state index in [0.29, 0.717) is 0 Å². The van der Waals surface area contributed by atoms with Crippen molar-refractivity contribution in [2.75, 3.05) is 6.54 Å². The Hall–Kier alpha value is -0.670. The van der Waals surface area contributed by atoms with Crippen molar-refractivity contribution in [2.24, 2.45) is 0 Å². The Bertz CT molecular complexity index is 339. The highest BCUT2D eigenvalue weighted by molar-refractivity contribution is 6.30. The van der Waals surface area contributed by atoms with Gasteiger partial charge in [-0.3, -0.25) is 0 Å². The summed E-state index contributed by atoms with van der Waals surface area (Å²) >= 11 is 5.60. The molecule has 1 atom stereocenters. The first-order valence-electron chi connectivity index (χ1n) is 5.06. The lowest BCUT2D eigenvalue weighted by Gasteiger charge is -2.24. The van der Waals surface area contributed by atoms with Gasteiger partial charge in [0.15, 0.2) is 11.6 Å². The molecular formula is C11H12ClF2N. The average molecular weight is 232 g/mol. The van der Waals surface area contributed by atoms with Crippen molar-refractivity contribution in [1.29, 1.82) is 0 Å². The van der Waals surface area contributed by atoms with Gasteiger partial charge in [0.2, 0.25) is 0 Å². The molecular weight excluding hydrogens is 220 g/mol. The van der Waals surface area contributed by atoms with Crippen molar-refractivity contribution in [3.05, 3.63) is 34.4 Å². The van der Waals surface area contributed by atoms with Gasteiger partial charge >= 0.3 is 0 Å². The standard InChI is InChI=1S/C11H12ClF2N/c12-8-5-7(6-9(13)11(8)14)10-3-1-2-4-15-10/h5-6,10,15H,1-4H2/t10-/m0/s1. The zero-order valence-electron chi connectivity index (χ0n) is 8.19. The van der Waals surface area contributed by atoms with Crippen LogP contribution in [-0.4, -0.2) is 6.54 Å². The first-order valence-corrected chi connectivity index (χ1v) is 5.44. The number of piperidine rings is 1. The molecule has 0 amide bonds. The lowest BCUT2D eigenvalue weighted by Crippen LogP contribution is -2.26. The molecule has 1 fully saturated rings. The van der Waals surface area contributed by atoms with Gasteiger partial charge in [0, 0.05) is 6.04 Å². The smallest absolute Gasteiger partial charge is 0.177 e. The summed E-state index contributed by atoms with van der Waals surface area (Å²) < 4.78 is 26.1. The average Bonchev–Trinajstić information content (AvgIpc) is 2.26. The Balaban J connectivity index is 2.27. The number of benzene rings is 1. The highest BCUT2D eigenvalue weighted by atomic mass is 35.5. The predicted molar refractivity (Wildman–Crippen MR) is 56.0 cm³/mol. The van der Waals surface area contributed by atoms with Gasteiger partial charge in [0.25, 0.3) is 0 Å². The Morgan fingerprint density at radius 1 is 1.27 bits per heavy atom. The molecule has 1 N–H and O–H groups in total. The minimum absolute atomic E-state index is 0.103. The molecule has 0 bridgehead atoms. The van der Waals surface area contributed by atoms with Crippen LogP contribution in [0.25, 0.3) is 0 Å². The van der Waals surface area contributed by atoms with Gasteiger partial charge in [0.05, 0.1) is 5.02 Å². The first kappa shape index (κ1) is 10.8. The number of rotatable bonds is 1. The van der Waals surface area contributed by atoms with Crippen LogP contribution < -0.4 is 5.32 Å². The fraction of sp³-hybridized carbons (Fsp3) is 0.455. The molecule has 0 radical (unpaired) electrons. The molecule has 82 valence electrons. The van der Waals surface area contributed by atoms with Crippen LogP contribution in [0.15, 0.2) is 12.1 Å². The molecule has 1 aliphatic heterocycles. The van der Waals surface area contributed by atoms with Gasteiger partial charge < -0.3 is 5.32 Å². The molecule has 1 aromatic rings. The molecule has 15 heavy (non-hydrogen) atoms. The van der Waals surface area contributed by atoms with Crippen molar-refractivity contribution >= 4 is 11.6 Å². The van der Waals surface area contributed by atoms with E-state index in [2.05, 4.69) is 5.32 Å². The zero-order valence-corrected chi connectivity index (χ0v) is 8.95.